The number of hydrogen-bond donors (Lipinski definition) is 1. The Morgan fingerprint density at radius 1 is 0.852 bits per heavy atom. The van der Waals surface area contributed by atoms with E-state index in [1.165, 1.54) is 0 Å². The number of halogens is 1. The van der Waals surface area contributed by atoms with E-state index in [-0.39, 0.29) is 0 Å². The van der Waals surface area contributed by atoms with Gasteiger partial charge in [0.25, 0.3) is 5.91 Å². The summed E-state index contributed by atoms with van der Waals surface area (Å²) in [5, 5.41) is 11.1. The monoisotopic (exact) mass is 419 g/mol. The fourth-order valence-corrected chi connectivity index (χ4v) is 2.81. The van der Waals surface area contributed by atoms with Crippen LogP contribution in [0.3, 0.4) is 0 Å². The molecule has 3 aromatic rings. The van der Waals surface area contributed by atoms with Gasteiger partial charge in [-0.3, -0.25) is 10.0 Å². The van der Waals surface area contributed by atoms with E-state index < -0.39 is 5.91 Å². The summed E-state index contributed by atoms with van der Waals surface area (Å²) in [5.41, 5.74) is 2.56. The Bertz CT molecular complexity index is 949. The maximum atomic E-state index is 12.9. The van der Waals surface area contributed by atoms with Crippen LogP contribution in [-0.2, 0) is 4.79 Å². The van der Waals surface area contributed by atoms with Crippen LogP contribution in [0.5, 0.6) is 0 Å². The Morgan fingerprint density at radius 2 is 1.44 bits per heavy atom. The molecule has 0 aliphatic rings. The van der Waals surface area contributed by atoms with Crippen molar-refractivity contribution >= 4 is 39.2 Å². The van der Waals surface area contributed by atoms with Crippen LogP contribution >= 0.6 is 15.9 Å². The van der Waals surface area contributed by atoms with E-state index in [1.54, 1.807) is 30.3 Å². The van der Waals surface area contributed by atoms with Crippen molar-refractivity contribution in [3.05, 3.63) is 113 Å². The molecule has 0 spiro atoms. The number of carbonyl (C=O) groups is 1. The van der Waals surface area contributed by atoms with Crippen LogP contribution in [0.2, 0.25) is 0 Å². The van der Waals surface area contributed by atoms with Crippen LogP contribution in [-0.4, -0.2) is 11.1 Å². The first-order valence-electron chi connectivity index (χ1n) is 8.43. The number of hydroxylamine groups is 1. The lowest BCUT2D eigenvalue weighted by atomic mass is 10.0. The molecule has 0 unspecified atom stereocenters. The van der Waals surface area contributed by atoms with Crippen LogP contribution in [0.25, 0.3) is 11.6 Å². The van der Waals surface area contributed by atoms with E-state index in [0.29, 0.717) is 16.3 Å². The molecule has 0 aliphatic carbocycles. The number of nitrogens with zero attached hydrogens (tertiary/aromatic N) is 1. The highest BCUT2D eigenvalue weighted by atomic mass is 79.9. The van der Waals surface area contributed by atoms with Gasteiger partial charge >= 0.3 is 0 Å². The summed E-state index contributed by atoms with van der Waals surface area (Å²) in [6, 6.07) is 26.0. The predicted octanol–water partition coefficient (Wildman–Crippen LogP) is 5.97. The van der Waals surface area contributed by atoms with E-state index in [9.17, 15) is 10.0 Å². The van der Waals surface area contributed by atoms with Crippen LogP contribution in [0.1, 0.15) is 11.1 Å². The Hall–Kier alpha value is -2.95. The summed E-state index contributed by atoms with van der Waals surface area (Å²) < 4.78 is 0.872. The highest BCUT2D eigenvalue weighted by Gasteiger charge is 2.19. The average Bonchev–Trinajstić information content (AvgIpc) is 2.72. The third-order valence-electron chi connectivity index (χ3n) is 3.93. The maximum Gasteiger partial charge on any atom is 0.282 e. The summed E-state index contributed by atoms with van der Waals surface area (Å²) in [6.45, 7) is 0. The van der Waals surface area contributed by atoms with E-state index in [1.807, 2.05) is 72.8 Å². The number of amides is 1. The third kappa shape index (κ3) is 5.03. The first kappa shape index (κ1) is 18.8. The highest BCUT2D eigenvalue weighted by molar-refractivity contribution is 9.10. The lowest BCUT2D eigenvalue weighted by molar-refractivity contribution is -0.118. The number of hydrogen-bond acceptors (Lipinski definition) is 2. The molecule has 0 saturated heterocycles. The molecular weight excluding hydrogens is 402 g/mol. The van der Waals surface area contributed by atoms with E-state index in [2.05, 4.69) is 15.9 Å². The van der Waals surface area contributed by atoms with Crippen molar-refractivity contribution in [2.75, 3.05) is 5.06 Å². The van der Waals surface area contributed by atoms with Crippen LogP contribution in [0.15, 0.2) is 102 Å². The molecule has 0 radical (unpaired) electrons. The van der Waals surface area contributed by atoms with Gasteiger partial charge in [0, 0.05) is 10.0 Å². The van der Waals surface area contributed by atoms with Crippen molar-refractivity contribution in [1.29, 1.82) is 0 Å². The lowest BCUT2D eigenvalue weighted by Gasteiger charge is -2.17. The van der Waals surface area contributed by atoms with Gasteiger partial charge in [-0.25, -0.2) is 0 Å². The minimum Gasteiger partial charge on any atom is -0.281 e. The van der Waals surface area contributed by atoms with Crippen molar-refractivity contribution in [1.82, 2.24) is 0 Å². The minimum atomic E-state index is -0.499. The molecule has 0 aromatic heterocycles. The molecule has 0 atom stereocenters. The number of benzene rings is 3. The van der Waals surface area contributed by atoms with Gasteiger partial charge in [-0.15, -0.1) is 0 Å². The van der Waals surface area contributed by atoms with Gasteiger partial charge in [-0.1, -0.05) is 88.7 Å². The standard InChI is InChI=1S/C23H18BrNO2/c24-20-14-16-21(17-15-20)25(27)23(26)22(19-11-5-2-6-12-19)13-7-10-18-8-3-1-4-9-18/h1-17,27H/b10-7+,22-13+. The zero-order chi connectivity index (χ0) is 19.1. The van der Waals surface area contributed by atoms with Crippen molar-refractivity contribution in [3.63, 3.8) is 0 Å². The summed E-state index contributed by atoms with van der Waals surface area (Å²) in [7, 11) is 0. The Labute approximate surface area is 167 Å². The van der Waals surface area contributed by atoms with E-state index in [4.69, 9.17) is 0 Å². The second kappa shape index (κ2) is 9.12. The molecule has 0 fully saturated rings. The Balaban J connectivity index is 1.92. The summed E-state index contributed by atoms with van der Waals surface area (Å²) >= 11 is 3.35. The molecule has 0 bridgehead atoms. The van der Waals surface area contributed by atoms with Crippen molar-refractivity contribution in [2.45, 2.75) is 0 Å². The summed E-state index contributed by atoms with van der Waals surface area (Å²) in [6.07, 6.45) is 5.44. The van der Waals surface area contributed by atoms with Gasteiger partial charge in [0.2, 0.25) is 0 Å². The van der Waals surface area contributed by atoms with Gasteiger partial charge in [0.05, 0.1) is 5.69 Å². The van der Waals surface area contributed by atoms with Gasteiger partial charge in [0.15, 0.2) is 0 Å². The van der Waals surface area contributed by atoms with Crippen molar-refractivity contribution < 1.29 is 10.0 Å². The highest BCUT2D eigenvalue weighted by Crippen LogP contribution is 2.23. The second-order valence-corrected chi connectivity index (χ2v) is 6.73. The zero-order valence-electron chi connectivity index (χ0n) is 14.5. The third-order valence-corrected chi connectivity index (χ3v) is 4.46. The molecule has 3 rings (SSSR count). The summed E-state index contributed by atoms with van der Waals surface area (Å²) in [5.74, 6) is -0.499. The minimum absolute atomic E-state index is 0.396. The number of allylic oxidation sites excluding steroid dienone is 2. The van der Waals surface area contributed by atoms with Crippen molar-refractivity contribution in [3.8, 4) is 0 Å². The number of anilines is 1. The molecule has 3 nitrogen and oxygen atoms in total. The largest absolute Gasteiger partial charge is 0.282 e. The molecule has 0 saturated carbocycles. The Kier molecular flexibility index (Phi) is 6.36. The lowest BCUT2D eigenvalue weighted by Crippen LogP contribution is -2.27. The number of rotatable bonds is 5. The summed E-state index contributed by atoms with van der Waals surface area (Å²) in [4.78, 5) is 12.9. The molecular formula is C23H18BrNO2. The van der Waals surface area contributed by atoms with Crippen LogP contribution in [0, 0.1) is 0 Å². The molecule has 27 heavy (non-hydrogen) atoms. The number of carbonyl (C=O) groups excluding carboxylic acids is 1. The van der Waals surface area contributed by atoms with Gasteiger partial charge in [-0.2, -0.15) is 5.06 Å². The van der Waals surface area contributed by atoms with Gasteiger partial charge in [0.1, 0.15) is 0 Å². The van der Waals surface area contributed by atoms with E-state index >= 15 is 0 Å². The molecule has 0 aliphatic heterocycles. The van der Waals surface area contributed by atoms with Crippen molar-refractivity contribution in [2.24, 2.45) is 0 Å². The molecule has 0 heterocycles. The molecule has 3 aromatic carbocycles. The zero-order valence-corrected chi connectivity index (χ0v) is 16.1. The van der Waals surface area contributed by atoms with Crippen LogP contribution < -0.4 is 5.06 Å². The first-order chi connectivity index (χ1) is 13.1. The quantitative estimate of drug-likeness (QED) is 0.239. The predicted molar refractivity (Wildman–Crippen MR) is 113 cm³/mol. The topological polar surface area (TPSA) is 40.5 Å². The average molecular weight is 420 g/mol. The van der Waals surface area contributed by atoms with Gasteiger partial charge in [-0.05, 0) is 41.5 Å². The first-order valence-corrected chi connectivity index (χ1v) is 9.22. The Morgan fingerprint density at radius 3 is 2.07 bits per heavy atom. The maximum absolute atomic E-state index is 12.9. The fraction of sp³-hybridized carbons (Fsp3) is 0. The SMILES string of the molecule is O=C(/C(=C/C=C/c1ccccc1)c1ccccc1)N(O)c1ccc(Br)cc1. The second-order valence-electron chi connectivity index (χ2n) is 5.81. The molecule has 1 N–H and O–H groups in total. The normalized spacial score (nSPS) is 11.6. The molecule has 4 heteroatoms. The van der Waals surface area contributed by atoms with Gasteiger partial charge < -0.3 is 0 Å². The van der Waals surface area contributed by atoms with Crippen LogP contribution in [0.4, 0.5) is 5.69 Å². The van der Waals surface area contributed by atoms with E-state index in [0.717, 1.165) is 15.6 Å². The molecule has 1 amide bonds. The molecule has 134 valence electrons. The fourth-order valence-electron chi connectivity index (χ4n) is 2.54. The smallest absolute Gasteiger partial charge is 0.281 e.